The molecule has 1 fully saturated rings. The lowest BCUT2D eigenvalue weighted by Gasteiger charge is -2.33. The van der Waals surface area contributed by atoms with Crippen LogP contribution in [0.25, 0.3) is 0 Å². The van der Waals surface area contributed by atoms with Crippen LogP contribution in [0.15, 0.2) is 18.2 Å². The summed E-state index contributed by atoms with van der Waals surface area (Å²) in [6, 6.07) is 5.52. The van der Waals surface area contributed by atoms with E-state index in [1.807, 2.05) is 26.0 Å². The first-order valence-electron chi connectivity index (χ1n) is 8.39. The lowest BCUT2D eigenvalue weighted by molar-refractivity contribution is -0.902. The second-order valence-electron chi connectivity index (χ2n) is 6.47. The zero-order chi connectivity index (χ0) is 17.9. The molecule has 0 atom stereocenters. The molecule has 1 amide bonds. The van der Waals surface area contributed by atoms with Crippen LogP contribution in [0.1, 0.15) is 18.1 Å². The van der Waals surface area contributed by atoms with Gasteiger partial charge >= 0.3 is 0 Å². The third-order valence-electron chi connectivity index (χ3n) is 4.85. The molecule has 1 aromatic rings. The number of nitrogens with one attached hydrogen (secondary N) is 1. The number of quaternary nitrogens is 1. The van der Waals surface area contributed by atoms with Gasteiger partial charge in [0, 0.05) is 0 Å². The molecule has 24 heavy (non-hydrogen) atoms. The number of sulfonamides is 1. The van der Waals surface area contributed by atoms with Crippen LogP contribution in [0.2, 0.25) is 0 Å². The fourth-order valence-corrected chi connectivity index (χ4v) is 3.94. The molecular weight excluding hydrogens is 326 g/mol. The van der Waals surface area contributed by atoms with Crippen LogP contribution in [0.3, 0.4) is 0 Å². The number of piperazine rings is 1. The number of hydrogen-bond donors (Lipinski definition) is 1. The Hall–Kier alpha value is -1.60. The number of anilines is 1. The van der Waals surface area contributed by atoms with Gasteiger partial charge in [-0.25, -0.2) is 8.42 Å². The summed E-state index contributed by atoms with van der Waals surface area (Å²) in [5.74, 6) is -0.128. The lowest BCUT2D eigenvalue weighted by Crippen LogP contribution is -3.14. The van der Waals surface area contributed by atoms with Crippen LogP contribution < -0.4 is 9.21 Å². The fraction of sp³-hybridized carbons (Fsp3) is 0.588. The maximum atomic E-state index is 12.6. The van der Waals surface area contributed by atoms with Crippen molar-refractivity contribution in [3.05, 3.63) is 29.3 Å². The van der Waals surface area contributed by atoms with E-state index in [4.69, 9.17) is 0 Å². The Morgan fingerprint density at radius 2 is 1.88 bits per heavy atom. The van der Waals surface area contributed by atoms with Gasteiger partial charge in [0.25, 0.3) is 0 Å². The summed E-state index contributed by atoms with van der Waals surface area (Å²) >= 11 is 0. The summed E-state index contributed by atoms with van der Waals surface area (Å²) in [5.41, 5.74) is 2.48. The van der Waals surface area contributed by atoms with E-state index in [-0.39, 0.29) is 12.5 Å². The van der Waals surface area contributed by atoms with E-state index in [9.17, 15) is 13.2 Å². The molecule has 1 heterocycles. The number of nitrogens with zero attached hydrogens (tertiary/aromatic N) is 2. The van der Waals surface area contributed by atoms with Crippen molar-refractivity contribution in [2.75, 3.05) is 49.8 Å². The highest BCUT2D eigenvalue weighted by Crippen LogP contribution is 2.24. The molecule has 0 saturated carbocycles. The van der Waals surface area contributed by atoms with Crippen molar-refractivity contribution in [1.29, 1.82) is 0 Å². The Labute approximate surface area is 145 Å². The summed E-state index contributed by atoms with van der Waals surface area (Å²) in [5, 5.41) is 0. The van der Waals surface area contributed by atoms with Gasteiger partial charge in [-0.1, -0.05) is 12.1 Å². The highest BCUT2D eigenvalue weighted by molar-refractivity contribution is 7.92. The number of amides is 1. The summed E-state index contributed by atoms with van der Waals surface area (Å²) < 4.78 is 25.8. The Balaban J connectivity index is 2.19. The van der Waals surface area contributed by atoms with Crippen molar-refractivity contribution >= 4 is 21.6 Å². The molecule has 2 rings (SSSR count). The smallest absolute Gasteiger partial charge is 0.243 e. The van der Waals surface area contributed by atoms with Gasteiger partial charge in [0.15, 0.2) is 0 Å². The van der Waals surface area contributed by atoms with Crippen LogP contribution >= 0.6 is 0 Å². The summed E-state index contributed by atoms with van der Waals surface area (Å²) in [7, 11) is -3.53. The van der Waals surface area contributed by atoms with E-state index in [1.165, 1.54) is 9.21 Å². The second-order valence-corrected chi connectivity index (χ2v) is 8.38. The highest BCUT2D eigenvalue weighted by Gasteiger charge is 2.28. The maximum Gasteiger partial charge on any atom is 0.243 e. The van der Waals surface area contributed by atoms with E-state index in [2.05, 4.69) is 6.92 Å². The number of hydrogen-bond acceptors (Lipinski definition) is 3. The summed E-state index contributed by atoms with van der Waals surface area (Å²) in [6.45, 7) is 10.1. The third-order valence-corrected chi connectivity index (χ3v) is 5.97. The molecule has 0 bridgehead atoms. The normalized spacial score (nSPS) is 16.2. The first-order valence-corrected chi connectivity index (χ1v) is 10.2. The average molecular weight is 354 g/mol. The molecule has 1 saturated heterocycles. The first-order chi connectivity index (χ1) is 11.2. The first kappa shape index (κ1) is 18.7. The lowest BCUT2D eigenvalue weighted by atomic mass is 10.1. The molecular formula is C17H28N3O3S+. The summed E-state index contributed by atoms with van der Waals surface area (Å²) in [4.78, 5) is 15.9. The zero-order valence-electron chi connectivity index (χ0n) is 15.0. The third kappa shape index (κ3) is 4.27. The summed E-state index contributed by atoms with van der Waals surface area (Å²) in [6.07, 6.45) is 1.15. The van der Waals surface area contributed by atoms with Gasteiger partial charge in [-0.2, -0.15) is 0 Å². The number of carbonyl (C=O) groups is 1. The van der Waals surface area contributed by atoms with Crippen molar-refractivity contribution < 1.29 is 18.1 Å². The minimum atomic E-state index is -3.53. The monoisotopic (exact) mass is 354 g/mol. The second kappa shape index (κ2) is 7.53. The molecule has 6 nitrogen and oxygen atoms in total. The van der Waals surface area contributed by atoms with Gasteiger partial charge in [-0.3, -0.25) is 9.10 Å². The molecule has 134 valence electrons. The predicted molar refractivity (Wildman–Crippen MR) is 95.9 cm³/mol. The zero-order valence-corrected chi connectivity index (χ0v) is 15.8. The minimum Gasteiger partial charge on any atom is -0.332 e. The fourth-order valence-electron chi connectivity index (χ4n) is 3.04. The van der Waals surface area contributed by atoms with Gasteiger partial charge in [0.2, 0.25) is 15.9 Å². The predicted octanol–water partition coefficient (Wildman–Crippen LogP) is -0.184. The number of carbonyl (C=O) groups excluding carboxylic acids is 1. The molecule has 0 unspecified atom stereocenters. The Morgan fingerprint density at radius 1 is 1.25 bits per heavy atom. The Morgan fingerprint density at radius 3 is 2.42 bits per heavy atom. The Bertz CT molecular complexity index is 695. The number of aryl methyl sites for hydroxylation is 1. The van der Waals surface area contributed by atoms with Crippen molar-refractivity contribution in [1.82, 2.24) is 4.90 Å². The number of benzene rings is 1. The molecule has 1 N–H and O–H groups in total. The molecule has 0 spiro atoms. The van der Waals surface area contributed by atoms with Crippen LogP contribution in [-0.2, 0) is 14.8 Å². The average Bonchev–Trinajstić information content (AvgIpc) is 2.54. The van der Waals surface area contributed by atoms with E-state index >= 15 is 0 Å². The van der Waals surface area contributed by atoms with Crippen molar-refractivity contribution in [2.24, 2.45) is 0 Å². The molecule has 0 aliphatic carbocycles. The highest BCUT2D eigenvalue weighted by atomic mass is 32.2. The number of likely N-dealkylation sites (N-methyl/N-ethyl adjacent to an activating group) is 1. The van der Waals surface area contributed by atoms with E-state index in [0.717, 1.165) is 37.0 Å². The quantitative estimate of drug-likeness (QED) is 0.798. The van der Waals surface area contributed by atoms with Crippen molar-refractivity contribution in [3.8, 4) is 0 Å². The van der Waals surface area contributed by atoms with Gasteiger partial charge in [0.1, 0.15) is 6.54 Å². The van der Waals surface area contributed by atoms with Gasteiger partial charge < -0.3 is 9.80 Å². The molecule has 1 aliphatic rings. The molecule has 7 heteroatoms. The van der Waals surface area contributed by atoms with Crippen LogP contribution in [0, 0.1) is 13.8 Å². The SMILES string of the molecule is CC[NH+]1CCN(C(=O)CN(c2cccc(C)c2C)S(C)(=O)=O)CC1. The minimum absolute atomic E-state index is 0.128. The number of rotatable bonds is 5. The topological polar surface area (TPSA) is 62.1 Å². The standard InChI is InChI=1S/C17H27N3O3S/c1-5-18-9-11-19(12-10-18)17(21)13-20(24(4,22)23)16-8-6-7-14(2)15(16)3/h6-8H,5,9-13H2,1-4H3/p+1. The van der Waals surface area contributed by atoms with Gasteiger partial charge in [-0.05, 0) is 38.0 Å². The molecule has 0 radical (unpaired) electrons. The van der Waals surface area contributed by atoms with Gasteiger partial charge in [0.05, 0.1) is 44.7 Å². The molecule has 0 aromatic heterocycles. The van der Waals surface area contributed by atoms with Crippen LogP contribution in [0.5, 0.6) is 0 Å². The van der Waals surface area contributed by atoms with E-state index in [1.54, 1.807) is 11.0 Å². The van der Waals surface area contributed by atoms with E-state index in [0.29, 0.717) is 18.8 Å². The van der Waals surface area contributed by atoms with Crippen LogP contribution in [0.4, 0.5) is 5.69 Å². The van der Waals surface area contributed by atoms with E-state index < -0.39 is 10.0 Å². The largest absolute Gasteiger partial charge is 0.332 e. The molecule has 1 aliphatic heterocycles. The maximum absolute atomic E-state index is 12.6. The van der Waals surface area contributed by atoms with Crippen molar-refractivity contribution in [2.45, 2.75) is 20.8 Å². The van der Waals surface area contributed by atoms with Crippen LogP contribution in [-0.4, -0.2) is 64.7 Å². The van der Waals surface area contributed by atoms with Crippen molar-refractivity contribution in [3.63, 3.8) is 0 Å². The molecule has 1 aromatic carbocycles. The Kier molecular flexibility index (Phi) is 5.87. The van der Waals surface area contributed by atoms with Gasteiger partial charge in [-0.15, -0.1) is 0 Å².